The number of aromatic nitrogens is 2. The van der Waals surface area contributed by atoms with Gasteiger partial charge in [0.05, 0.1) is 11.1 Å². The van der Waals surface area contributed by atoms with Gasteiger partial charge in [-0.2, -0.15) is 0 Å². The minimum absolute atomic E-state index is 0.200. The molecule has 28 heavy (non-hydrogen) atoms. The Labute approximate surface area is 163 Å². The van der Waals surface area contributed by atoms with E-state index in [1.165, 1.54) is 6.20 Å². The Morgan fingerprint density at radius 3 is 2.18 bits per heavy atom. The molecule has 6 heteroatoms. The van der Waals surface area contributed by atoms with Crippen molar-refractivity contribution in [1.29, 1.82) is 0 Å². The first kappa shape index (κ1) is 18.0. The van der Waals surface area contributed by atoms with Crippen molar-refractivity contribution in [2.24, 2.45) is 0 Å². The van der Waals surface area contributed by atoms with Gasteiger partial charge in [-0.15, -0.1) is 0 Å². The molecule has 1 aromatic heterocycles. The van der Waals surface area contributed by atoms with Gasteiger partial charge in [0.15, 0.2) is 5.82 Å². The molecule has 0 amide bonds. The van der Waals surface area contributed by atoms with E-state index in [1.54, 1.807) is 54.6 Å². The van der Waals surface area contributed by atoms with E-state index < -0.39 is 10.0 Å². The van der Waals surface area contributed by atoms with Gasteiger partial charge < -0.3 is 4.74 Å². The van der Waals surface area contributed by atoms with Crippen LogP contribution in [0.3, 0.4) is 0 Å². The van der Waals surface area contributed by atoms with E-state index in [0.29, 0.717) is 23.7 Å². The summed E-state index contributed by atoms with van der Waals surface area (Å²) >= 11 is 0. The van der Waals surface area contributed by atoms with Crippen molar-refractivity contribution >= 4 is 10.0 Å². The maximum atomic E-state index is 12.9. The highest BCUT2D eigenvalue weighted by Gasteiger charge is 2.20. The van der Waals surface area contributed by atoms with Gasteiger partial charge >= 0.3 is 0 Å². The van der Waals surface area contributed by atoms with E-state index in [1.807, 2.05) is 30.3 Å². The molecule has 0 fully saturated rings. The third-order valence-electron chi connectivity index (χ3n) is 4.22. The molecule has 0 aliphatic carbocycles. The zero-order chi connectivity index (χ0) is 19.4. The lowest BCUT2D eigenvalue weighted by molar-refractivity contribution is 0.306. The van der Waals surface area contributed by atoms with Crippen LogP contribution in [0.15, 0.2) is 96.0 Å². The molecule has 0 saturated carbocycles. The summed E-state index contributed by atoms with van der Waals surface area (Å²) < 4.78 is 32.7. The molecule has 0 aliphatic heterocycles. The van der Waals surface area contributed by atoms with Gasteiger partial charge in [0, 0.05) is 5.56 Å². The second-order valence-corrected chi connectivity index (χ2v) is 7.92. The van der Waals surface area contributed by atoms with Crippen molar-refractivity contribution in [1.82, 2.24) is 8.96 Å². The molecule has 0 saturated heterocycles. The van der Waals surface area contributed by atoms with Crippen LogP contribution in [-0.4, -0.2) is 17.4 Å². The maximum Gasteiger partial charge on any atom is 0.269 e. The number of hydrogen-bond donors (Lipinski definition) is 0. The molecule has 1 heterocycles. The third-order valence-corrected chi connectivity index (χ3v) is 5.88. The number of benzene rings is 3. The zero-order valence-electron chi connectivity index (χ0n) is 14.9. The summed E-state index contributed by atoms with van der Waals surface area (Å²) in [5.74, 6) is 0.999. The second-order valence-electron chi connectivity index (χ2n) is 6.11. The molecule has 0 atom stereocenters. The van der Waals surface area contributed by atoms with Gasteiger partial charge in [0.2, 0.25) is 0 Å². The Balaban J connectivity index is 1.57. The minimum Gasteiger partial charge on any atom is -0.489 e. The van der Waals surface area contributed by atoms with Gasteiger partial charge in [-0.3, -0.25) is 0 Å². The fourth-order valence-corrected chi connectivity index (χ4v) is 4.06. The largest absolute Gasteiger partial charge is 0.489 e. The summed E-state index contributed by atoms with van der Waals surface area (Å²) in [5, 5.41) is 0. The highest BCUT2D eigenvalue weighted by Crippen LogP contribution is 2.25. The van der Waals surface area contributed by atoms with Gasteiger partial charge in [0.25, 0.3) is 10.0 Å². The Hall–Kier alpha value is -3.38. The van der Waals surface area contributed by atoms with Crippen LogP contribution in [0.1, 0.15) is 5.56 Å². The van der Waals surface area contributed by atoms with Crippen LogP contribution in [0.4, 0.5) is 0 Å². The van der Waals surface area contributed by atoms with E-state index in [0.717, 1.165) is 9.54 Å². The number of ether oxygens (including phenoxy) is 1. The fraction of sp³-hybridized carbons (Fsp3) is 0.0455. The lowest BCUT2D eigenvalue weighted by Gasteiger charge is -2.10. The molecule has 0 bridgehead atoms. The summed E-state index contributed by atoms with van der Waals surface area (Å²) in [5.41, 5.74) is 1.73. The molecule has 0 N–H and O–H groups in total. The molecule has 0 spiro atoms. The predicted molar refractivity (Wildman–Crippen MR) is 106 cm³/mol. The molecular formula is C22H17N2O3S. The summed E-state index contributed by atoms with van der Waals surface area (Å²) in [6.07, 6.45) is 3.97. The lowest BCUT2D eigenvalue weighted by Crippen LogP contribution is -2.13. The Morgan fingerprint density at radius 2 is 1.50 bits per heavy atom. The minimum atomic E-state index is -3.74. The van der Waals surface area contributed by atoms with E-state index in [2.05, 4.69) is 11.2 Å². The molecule has 4 rings (SSSR count). The number of nitrogens with zero attached hydrogens (tertiary/aromatic N) is 2. The van der Waals surface area contributed by atoms with Crippen LogP contribution in [0.5, 0.6) is 5.75 Å². The lowest BCUT2D eigenvalue weighted by atomic mass is 10.2. The van der Waals surface area contributed by atoms with Gasteiger partial charge in [-0.1, -0.05) is 48.5 Å². The van der Waals surface area contributed by atoms with Crippen molar-refractivity contribution in [2.75, 3.05) is 0 Å². The van der Waals surface area contributed by atoms with Gasteiger partial charge in [-0.05, 0) is 42.0 Å². The van der Waals surface area contributed by atoms with Crippen LogP contribution >= 0.6 is 0 Å². The average molecular weight is 389 g/mol. The second kappa shape index (κ2) is 7.70. The molecule has 4 aromatic rings. The highest BCUT2D eigenvalue weighted by molar-refractivity contribution is 7.90. The van der Waals surface area contributed by atoms with E-state index in [9.17, 15) is 8.42 Å². The molecule has 139 valence electrons. The van der Waals surface area contributed by atoms with Crippen LogP contribution in [0, 0.1) is 6.20 Å². The molecule has 1 radical (unpaired) electrons. The molecule has 0 aliphatic rings. The number of imidazole rings is 1. The first-order valence-electron chi connectivity index (χ1n) is 8.68. The number of rotatable bonds is 6. The van der Waals surface area contributed by atoms with Crippen molar-refractivity contribution in [2.45, 2.75) is 11.5 Å². The van der Waals surface area contributed by atoms with Crippen LogP contribution in [0.2, 0.25) is 0 Å². The van der Waals surface area contributed by atoms with Crippen LogP contribution in [0.25, 0.3) is 11.4 Å². The maximum absolute atomic E-state index is 12.9. The first-order chi connectivity index (χ1) is 13.6. The summed E-state index contributed by atoms with van der Waals surface area (Å²) in [7, 11) is -3.74. The molecular weight excluding hydrogens is 372 g/mol. The summed E-state index contributed by atoms with van der Waals surface area (Å²) in [6.45, 7) is 0.463. The summed E-state index contributed by atoms with van der Waals surface area (Å²) in [6, 6.07) is 25.3. The van der Waals surface area contributed by atoms with Crippen LogP contribution < -0.4 is 4.74 Å². The van der Waals surface area contributed by atoms with E-state index in [4.69, 9.17) is 4.74 Å². The van der Waals surface area contributed by atoms with Gasteiger partial charge in [0.1, 0.15) is 18.6 Å². The Kier molecular flexibility index (Phi) is 4.95. The van der Waals surface area contributed by atoms with Gasteiger partial charge in [-0.25, -0.2) is 17.4 Å². The Morgan fingerprint density at radius 1 is 0.857 bits per heavy atom. The monoisotopic (exact) mass is 389 g/mol. The molecule has 5 nitrogen and oxygen atoms in total. The molecule has 0 unspecified atom stereocenters. The fourth-order valence-electron chi connectivity index (χ4n) is 2.78. The standard InChI is InChI=1S/C22H17N2O3S/c25-28(26,21-9-5-2-6-10-21)24-16-15-23-22(24)19-11-13-20(14-12-19)27-17-18-7-3-1-4-8-18/h1-14,16H,17H2. The normalized spacial score (nSPS) is 11.3. The average Bonchev–Trinajstić information content (AvgIpc) is 3.25. The molecule has 3 aromatic carbocycles. The number of hydrogen-bond acceptors (Lipinski definition) is 4. The third kappa shape index (κ3) is 3.68. The first-order valence-corrected chi connectivity index (χ1v) is 10.1. The Bertz CT molecular complexity index is 1150. The van der Waals surface area contributed by atoms with Crippen molar-refractivity contribution in [3.8, 4) is 17.1 Å². The van der Waals surface area contributed by atoms with Crippen molar-refractivity contribution in [3.05, 3.63) is 103 Å². The SMILES string of the molecule is O=S(=O)(c1ccccc1)n1c[c]nc1-c1ccc(OCc2ccccc2)cc1. The quantitative estimate of drug-likeness (QED) is 0.497. The van der Waals surface area contributed by atoms with Crippen molar-refractivity contribution in [3.63, 3.8) is 0 Å². The predicted octanol–water partition coefficient (Wildman–Crippen LogP) is 4.17. The topological polar surface area (TPSA) is 61.2 Å². The summed E-state index contributed by atoms with van der Waals surface area (Å²) in [4.78, 5) is 4.32. The smallest absolute Gasteiger partial charge is 0.269 e. The van der Waals surface area contributed by atoms with E-state index in [-0.39, 0.29) is 4.90 Å². The van der Waals surface area contributed by atoms with Crippen LogP contribution in [-0.2, 0) is 16.6 Å². The zero-order valence-corrected chi connectivity index (χ0v) is 15.7. The highest BCUT2D eigenvalue weighted by atomic mass is 32.2. The van der Waals surface area contributed by atoms with E-state index >= 15 is 0 Å². The van der Waals surface area contributed by atoms with Crippen molar-refractivity contribution < 1.29 is 13.2 Å².